The number of fused-ring (bicyclic) bond motifs is 1. The molecule has 0 radical (unpaired) electrons. The summed E-state index contributed by atoms with van der Waals surface area (Å²) in [5.41, 5.74) is 4.92. The Morgan fingerprint density at radius 2 is 1.83 bits per heavy atom. The minimum Gasteiger partial charge on any atom is -0.457 e. The van der Waals surface area contributed by atoms with Crippen molar-refractivity contribution in [3.63, 3.8) is 0 Å². The first-order valence-electron chi connectivity index (χ1n) is 11.3. The molecule has 0 aliphatic carbocycles. The van der Waals surface area contributed by atoms with Gasteiger partial charge in [0.15, 0.2) is 0 Å². The summed E-state index contributed by atoms with van der Waals surface area (Å²) in [6.45, 7) is 4.54. The quantitative estimate of drug-likeness (QED) is 0.335. The second-order valence-electron chi connectivity index (χ2n) is 8.16. The van der Waals surface area contributed by atoms with Crippen LogP contribution in [0.3, 0.4) is 0 Å². The lowest BCUT2D eigenvalue weighted by molar-refractivity contribution is -0.124. The van der Waals surface area contributed by atoms with Gasteiger partial charge in [-0.2, -0.15) is 0 Å². The number of hydrogen-bond acceptors (Lipinski definition) is 6. The molecule has 1 heterocycles. The first kappa shape index (κ1) is 23.9. The van der Waals surface area contributed by atoms with Gasteiger partial charge in [0.05, 0.1) is 5.52 Å². The maximum atomic E-state index is 11.5. The molecule has 0 fully saturated rings. The summed E-state index contributed by atoms with van der Waals surface area (Å²) in [5, 5.41) is 7.07. The van der Waals surface area contributed by atoms with Crippen LogP contribution in [0.4, 0.5) is 11.5 Å². The summed E-state index contributed by atoms with van der Waals surface area (Å²) < 4.78 is 10.8. The van der Waals surface area contributed by atoms with E-state index in [2.05, 4.69) is 27.5 Å². The number of amides is 1. The predicted molar refractivity (Wildman–Crippen MR) is 139 cm³/mol. The van der Waals surface area contributed by atoms with Crippen molar-refractivity contribution in [2.24, 2.45) is 0 Å². The molecule has 2 N–H and O–H groups in total. The fraction of sp³-hybridized carbons (Fsp3) is 0.179. The van der Waals surface area contributed by atoms with E-state index in [1.807, 2.05) is 79.7 Å². The average Bonchev–Trinajstić information content (AvgIpc) is 2.85. The van der Waals surface area contributed by atoms with Crippen LogP contribution < -0.4 is 15.4 Å². The Morgan fingerprint density at radius 1 is 1.00 bits per heavy atom. The highest BCUT2D eigenvalue weighted by atomic mass is 16.5. The summed E-state index contributed by atoms with van der Waals surface area (Å²) in [5.74, 6) is 2.17. The van der Waals surface area contributed by atoms with Gasteiger partial charge in [-0.15, -0.1) is 0 Å². The Labute approximate surface area is 204 Å². The monoisotopic (exact) mass is 468 g/mol. The van der Waals surface area contributed by atoms with E-state index in [-0.39, 0.29) is 12.5 Å². The lowest BCUT2D eigenvalue weighted by Gasteiger charge is -2.13. The van der Waals surface area contributed by atoms with Crippen LogP contribution in [0.15, 0.2) is 73.1 Å². The van der Waals surface area contributed by atoms with Gasteiger partial charge in [-0.25, -0.2) is 9.97 Å². The number of aryl methyl sites for hydroxylation is 2. The van der Waals surface area contributed by atoms with Gasteiger partial charge < -0.3 is 20.1 Å². The summed E-state index contributed by atoms with van der Waals surface area (Å²) in [4.78, 5) is 20.3. The number of carbonyl (C=O) groups excluding carboxylic acids is 1. The van der Waals surface area contributed by atoms with Crippen LogP contribution in [0.2, 0.25) is 0 Å². The second-order valence-corrected chi connectivity index (χ2v) is 8.16. The smallest absolute Gasteiger partial charge is 0.246 e. The second kappa shape index (κ2) is 11.3. The van der Waals surface area contributed by atoms with Gasteiger partial charge >= 0.3 is 0 Å². The van der Waals surface area contributed by atoms with Crippen LogP contribution in [0.25, 0.3) is 17.0 Å². The van der Waals surface area contributed by atoms with Crippen molar-refractivity contribution in [1.29, 1.82) is 0 Å². The molecule has 0 bridgehead atoms. The minimum absolute atomic E-state index is 0.0503. The molecule has 7 nitrogen and oxygen atoms in total. The van der Waals surface area contributed by atoms with Crippen molar-refractivity contribution < 1.29 is 14.3 Å². The number of nitrogens with zero attached hydrogens (tertiary/aromatic N) is 2. The van der Waals surface area contributed by atoms with Gasteiger partial charge in [-0.1, -0.05) is 35.9 Å². The minimum atomic E-state index is -0.152. The Morgan fingerprint density at radius 3 is 2.60 bits per heavy atom. The number of carbonyl (C=O) groups is 1. The third kappa shape index (κ3) is 6.43. The van der Waals surface area contributed by atoms with Crippen LogP contribution in [0, 0.1) is 13.8 Å². The van der Waals surface area contributed by atoms with E-state index in [1.165, 1.54) is 12.7 Å². The van der Waals surface area contributed by atoms with Crippen LogP contribution in [-0.4, -0.2) is 36.1 Å². The topological polar surface area (TPSA) is 85.4 Å². The summed E-state index contributed by atoms with van der Waals surface area (Å²) in [7, 11) is 1.49. The molecular weight excluding hydrogens is 440 g/mol. The fourth-order valence-electron chi connectivity index (χ4n) is 3.54. The normalized spacial score (nSPS) is 11.1. The van der Waals surface area contributed by atoms with Crippen molar-refractivity contribution in [2.45, 2.75) is 13.8 Å². The molecule has 4 rings (SSSR count). The first-order valence-corrected chi connectivity index (χ1v) is 11.3. The summed E-state index contributed by atoms with van der Waals surface area (Å²) in [6.07, 6.45) is 5.39. The lowest BCUT2D eigenvalue weighted by atomic mass is 10.1. The number of nitrogens with one attached hydrogen (secondary N) is 2. The Bertz CT molecular complexity index is 1350. The molecule has 0 aliphatic heterocycles. The SMILES string of the molecule is COCC(=O)NCC=Cc1ccc2ncnc(Nc3ccc(Oc4ccc(C)cc4)c(C)c3)c2c1. The fourth-order valence-corrected chi connectivity index (χ4v) is 3.54. The number of anilines is 2. The number of aromatic nitrogens is 2. The molecule has 0 aliphatic rings. The van der Waals surface area contributed by atoms with Crippen LogP contribution >= 0.6 is 0 Å². The standard InChI is InChI=1S/C28H28N4O3/c1-19-6-10-23(11-7-19)35-26-13-9-22(15-20(26)2)32-28-24-16-21(8-12-25(24)30-18-31-28)5-4-14-29-27(33)17-34-3/h4-13,15-16,18H,14,17H2,1-3H3,(H,29,33)(H,30,31,32). The molecule has 1 amide bonds. The molecule has 0 spiro atoms. The van der Waals surface area contributed by atoms with Gasteiger partial charge in [0.25, 0.3) is 0 Å². The van der Waals surface area contributed by atoms with E-state index < -0.39 is 0 Å². The Kier molecular flexibility index (Phi) is 7.70. The van der Waals surface area contributed by atoms with Crippen molar-refractivity contribution in [3.05, 3.63) is 89.8 Å². The van der Waals surface area contributed by atoms with E-state index in [4.69, 9.17) is 9.47 Å². The highest BCUT2D eigenvalue weighted by Gasteiger charge is 2.08. The zero-order valence-electron chi connectivity index (χ0n) is 20.0. The molecule has 0 saturated heterocycles. The van der Waals surface area contributed by atoms with Crippen molar-refractivity contribution >= 4 is 34.4 Å². The number of rotatable bonds is 9. The Balaban J connectivity index is 1.49. The van der Waals surface area contributed by atoms with E-state index in [1.54, 1.807) is 6.33 Å². The third-order valence-electron chi connectivity index (χ3n) is 5.35. The van der Waals surface area contributed by atoms with Crippen LogP contribution in [0.1, 0.15) is 16.7 Å². The first-order chi connectivity index (χ1) is 17.0. The van der Waals surface area contributed by atoms with E-state index in [0.29, 0.717) is 12.4 Å². The predicted octanol–water partition coefficient (Wildman–Crippen LogP) is 5.56. The maximum Gasteiger partial charge on any atom is 0.246 e. The molecule has 1 aromatic heterocycles. The van der Waals surface area contributed by atoms with Crippen molar-refractivity contribution in [2.75, 3.05) is 25.6 Å². The van der Waals surface area contributed by atoms with Gasteiger partial charge in [-0.05, 0) is 67.4 Å². The third-order valence-corrected chi connectivity index (χ3v) is 5.35. The molecule has 0 unspecified atom stereocenters. The van der Waals surface area contributed by atoms with E-state index in [0.717, 1.165) is 39.2 Å². The maximum absolute atomic E-state index is 11.5. The highest BCUT2D eigenvalue weighted by molar-refractivity contribution is 5.92. The van der Waals surface area contributed by atoms with Gasteiger partial charge in [-0.3, -0.25) is 4.79 Å². The van der Waals surface area contributed by atoms with Crippen LogP contribution in [0.5, 0.6) is 11.5 Å². The zero-order chi connectivity index (χ0) is 24.6. The van der Waals surface area contributed by atoms with Gasteiger partial charge in [0, 0.05) is 24.7 Å². The molecule has 178 valence electrons. The number of benzene rings is 3. The van der Waals surface area contributed by atoms with Crippen molar-refractivity contribution in [3.8, 4) is 11.5 Å². The summed E-state index contributed by atoms with van der Waals surface area (Å²) in [6, 6.07) is 19.9. The molecular formula is C28H28N4O3. The molecule has 0 atom stereocenters. The average molecular weight is 469 g/mol. The van der Waals surface area contributed by atoms with E-state index in [9.17, 15) is 4.79 Å². The molecule has 7 heteroatoms. The number of methoxy groups -OCH3 is 1. The van der Waals surface area contributed by atoms with E-state index >= 15 is 0 Å². The molecule has 0 saturated carbocycles. The highest BCUT2D eigenvalue weighted by Crippen LogP contribution is 2.30. The molecule has 4 aromatic rings. The van der Waals surface area contributed by atoms with Gasteiger partial charge in [0.1, 0.15) is 30.3 Å². The van der Waals surface area contributed by atoms with Gasteiger partial charge in [0.2, 0.25) is 5.91 Å². The molecule has 3 aromatic carbocycles. The lowest BCUT2D eigenvalue weighted by Crippen LogP contribution is -2.26. The van der Waals surface area contributed by atoms with Crippen molar-refractivity contribution in [1.82, 2.24) is 15.3 Å². The number of hydrogen-bond donors (Lipinski definition) is 2. The Hall–Kier alpha value is -4.23. The number of ether oxygens (including phenoxy) is 2. The zero-order valence-corrected chi connectivity index (χ0v) is 20.0. The largest absolute Gasteiger partial charge is 0.457 e. The molecule has 35 heavy (non-hydrogen) atoms. The van der Waals surface area contributed by atoms with Crippen LogP contribution in [-0.2, 0) is 9.53 Å². The summed E-state index contributed by atoms with van der Waals surface area (Å²) >= 11 is 0.